The zero-order valence-electron chi connectivity index (χ0n) is 9.94. The summed E-state index contributed by atoms with van der Waals surface area (Å²) in [6.45, 7) is 2.67. The Morgan fingerprint density at radius 3 is 2.88 bits per heavy atom. The van der Waals surface area contributed by atoms with Crippen LogP contribution in [0.15, 0.2) is 30.5 Å². The molecule has 0 aliphatic heterocycles. The molecule has 4 nitrogen and oxygen atoms in total. The van der Waals surface area contributed by atoms with Gasteiger partial charge in [-0.3, -0.25) is 4.68 Å². The third-order valence-corrected chi connectivity index (χ3v) is 2.68. The van der Waals surface area contributed by atoms with Gasteiger partial charge >= 0.3 is 0 Å². The molecule has 0 saturated heterocycles. The highest BCUT2D eigenvalue weighted by Crippen LogP contribution is 2.17. The van der Waals surface area contributed by atoms with Gasteiger partial charge in [-0.25, -0.2) is 0 Å². The number of aromatic nitrogens is 2. The second-order valence-electron chi connectivity index (χ2n) is 3.96. The van der Waals surface area contributed by atoms with Gasteiger partial charge in [0.25, 0.3) is 0 Å². The van der Waals surface area contributed by atoms with Crippen LogP contribution in [-0.4, -0.2) is 9.78 Å². The maximum Gasteiger partial charge on any atom is 0.101 e. The Morgan fingerprint density at radius 2 is 2.24 bits per heavy atom. The Labute approximate surface area is 100 Å². The minimum atomic E-state index is 0.661. The highest BCUT2D eigenvalue weighted by atomic mass is 15.3. The van der Waals surface area contributed by atoms with Gasteiger partial charge in [-0.15, -0.1) is 0 Å². The molecular weight excluding hydrogens is 212 g/mol. The molecule has 0 aliphatic rings. The number of nitriles is 1. The molecule has 17 heavy (non-hydrogen) atoms. The second-order valence-corrected chi connectivity index (χ2v) is 3.96. The molecule has 0 fully saturated rings. The average molecular weight is 226 g/mol. The van der Waals surface area contributed by atoms with Gasteiger partial charge in [-0.05, 0) is 30.7 Å². The molecule has 0 atom stereocenters. The van der Waals surface area contributed by atoms with Gasteiger partial charge in [0.2, 0.25) is 0 Å². The molecule has 0 bridgehead atoms. The van der Waals surface area contributed by atoms with Gasteiger partial charge < -0.3 is 5.32 Å². The molecule has 0 amide bonds. The van der Waals surface area contributed by atoms with E-state index in [1.807, 2.05) is 42.9 Å². The van der Waals surface area contributed by atoms with Gasteiger partial charge in [0.05, 0.1) is 23.5 Å². The van der Waals surface area contributed by atoms with Crippen molar-refractivity contribution in [1.29, 1.82) is 5.26 Å². The Balaban J connectivity index is 2.17. The van der Waals surface area contributed by atoms with Crippen LogP contribution in [0.2, 0.25) is 0 Å². The molecule has 0 spiro atoms. The number of aryl methyl sites for hydroxylation is 2. The summed E-state index contributed by atoms with van der Waals surface area (Å²) in [6, 6.07) is 9.89. The molecule has 0 saturated carbocycles. The van der Waals surface area contributed by atoms with Crippen LogP contribution in [0.4, 0.5) is 5.69 Å². The van der Waals surface area contributed by atoms with Crippen LogP contribution in [0.1, 0.15) is 16.8 Å². The molecule has 1 aromatic heterocycles. The summed E-state index contributed by atoms with van der Waals surface area (Å²) in [5.74, 6) is 0. The molecule has 2 rings (SSSR count). The molecule has 0 aliphatic carbocycles. The van der Waals surface area contributed by atoms with E-state index in [4.69, 9.17) is 5.26 Å². The molecule has 0 unspecified atom stereocenters. The minimum Gasteiger partial charge on any atom is -0.378 e. The molecule has 86 valence electrons. The summed E-state index contributed by atoms with van der Waals surface area (Å²) in [7, 11) is 1.90. The zero-order chi connectivity index (χ0) is 12.3. The smallest absolute Gasteiger partial charge is 0.101 e. The van der Waals surface area contributed by atoms with Crippen LogP contribution < -0.4 is 5.32 Å². The molecule has 2 aromatic rings. The highest BCUT2D eigenvalue weighted by Gasteiger charge is 2.03. The molecule has 4 heteroatoms. The first-order chi connectivity index (χ1) is 8.20. The summed E-state index contributed by atoms with van der Waals surface area (Å²) in [5.41, 5.74) is 3.75. The molecule has 1 N–H and O–H groups in total. The largest absolute Gasteiger partial charge is 0.378 e. The lowest BCUT2D eigenvalue weighted by Gasteiger charge is -2.09. The van der Waals surface area contributed by atoms with E-state index in [1.165, 1.54) is 0 Å². The van der Waals surface area contributed by atoms with E-state index >= 15 is 0 Å². The Bertz CT molecular complexity index is 563. The van der Waals surface area contributed by atoms with E-state index in [0.29, 0.717) is 12.1 Å². The van der Waals surface area contributed by atoms with Crippen molar-refractivity contribution in [2.45, 2.75) is 13.5 Å². The first-order valence-corrected chi connectivity index (χ1v) is 5.42. The molecule has 1 aromatic carbocycles. The maximum atomic E-state index is 9.01. The summed E-state index contributed by atoms with van der Waals surface area (Å²) in [6.07, 6.45) is 1.76. The first-order valence-electron chi connectivity index (χ1n) is 5.42. The predicted molar refractivity (Wildman–Crippen MR) is 66.4 cm³/mol. The SMILES string of the molecule is Cc1ccc(C#N)c(NCc2ccnn2C)c1. The third-order valence-electron chi connectivity index (χ3n) is 2.68. The normalized spacial score (nSPS) is 9.94. The van der Waals surface area contributed by atoms with E-state index in [1.54, 1.807) is 6.20 Å². The fourth-order valence-electron chi connectivity index (χ4n) is 1.66. The lowest BCUT2D eigenvalue weighted by Crippen LogP contribution is -2.06. The maximum absolute atomic E-state index is 9.01. The highest BCUT2D eigenvalue weighted by molar-refractivity contribution is 5.58. The van der Waals surface area contributed by atoms with Crippen LogP contribution in [0, 0.1) is 18.3 Å². The van der Waals surface area contributed by atoms with Crippen molar-refractivity contribution in [1.82, 2.24) is 9.78 Å². The van der Waals surface area contributed by atoms with Gasteiger partial charge in [0.15, 0.2) is 0 Å². The summed E-state index contributed by atoms with van der Waals surface area (Å²) < 4.78 is 1.81. The van der Waals surface area contributed by atoms with Crippen molar-refractivity contribution in [3.05, 3.63) is 47.3 Å². The fraction of sp³-hybridized carbons (Fsp3) is 0.231. The van der Waals surface area contributed by atoms with Crippen molar-refractivity contribution < 1.29 is 0 Å². The molecular formula is C13H14N4. The lowest BCUT2D eigenvalue weighted by molar-refractivity contribution is 0.720. The quantitative estimate of drug-likeness (QED) is 0.873. The van der Waals surface area contributed by atoms with Crippen molar-refractivity contribution in [3.8, 4) is 6.07 Å². The monoisotopic (exact) mass is 226 g/mol. The van der Waals surface area contributed by atoms with Crippen LogP contribution in [0.25, 0.3) is 0 Å². The Hall–Kier alpha value is -2.28. The van der Waals surface area contributed by atoms with Crippen molar-refractivity contribution >= 4 is 5.69 Å². The minimum absolute atomic E-state index is 0.661. The fourth-order valence-corrected chi connectivity index (χ4v) is 1.66. The summed E-state index contributed by atoms with van der Waals surface area (Å²) >= 11 is 0. The van der Waals surface area contributed by atoms with Crippen molar-refractivity contribution in [2.75, 3.05) is 5.32 Å². The zero-order valence-corrected chi connectivity index (χ0v) is 9.94. The van der Waals surface area contributed by atoms with Crippen molar-refractivity contribution in [2.24, 2.45) is 7.05 Å². The van der Waals surface area contributed by atoms with Gasteiger partial charge in [0.1, 0.15) is 6.07 Å². The van der Waals surface area contributed by atoms with E-state index < -0.39 is 0 Å². The van der Waals surface area contributed by atoms with E-state index in [9.17, 15) is 0 Å². The average Bonchev–Trinajstić information content (AvgIpc) is 2.72. The van der Waals surface area contributed by atoms with Crippen LogP contribution in [0.5, 0.6) is 0 Å². The predicted octanol–water partition coefficient (Wildman–Crippen LogP) is 2.21. The van der Waals surface area contributed by atoms with E-state index in [-0.39, 0.29) is 0 Å². The number of nitrogens with one attached hydrogen (secondary N) is 1. The number of nitrogens with zero attached hydrogens (tertiary/aromatic N) is 3. The number of anilines is 1. The number of rotatable bonds is 3. The lowest BCUT2D eigenvalue weighted by atomic mass is 10.1. The Kier molecular flexibility index (Phi) is 3.10. The summed E-state index contributed by atoms with van der Waals surface area (Å²) in [4.78, 5) is 0. The van der Waals surface area contributed by atoms with E-state index in [0.717, 1.165) is 16.9 Å². The number of hydrogen-bond acceptors (Lipinski definition) is 3. The van der Waals surface area contributed by atoms with E-state index in [2.05, 4.69) is 16.5 Å². The number of hydrogen-bond donors (Lipinski definition) is 1. The van der Waals surface area contributed by atoms with Crippen LogP contribution in [-0.2, 0) is 13.6 Å². The third kappa shape index (κ3) is 2.45. The first kappa shape index (κ1) is 11.2. The second kappa shape index (κ2) is 4.71. The standard InChI is InChI=1S/C13H14N4/c1-10-3-4-11(8-14)13(7-10)15-9-12-5-6-16-17(12)2/h3-7,15H,9H2,1-2H3. The van der Waals surface area contributed by atoms with Gasteiger partial charge in [-0.1, -0.05) is 6.07 Å². The topological polar surface area (TPSA) is 53.6 Å². The van der Waals surface area contributed by atoms with Crippen LogP contribution >= 0.6 is 0 Å². The van der Waals surface area contributed by atoms with Crippen molar-refractivity contribution in [3.63, 3.8) is 0 Å². The van der Waals surface area contributed by atoms with Crippen LogP contribution in [0.3, 0.4) is 0 Å². The van der Waals surface area contributed by atoms with Gasteiger partial charge in [0, 0.05) is 13.2 Å². The Morgan fingerprint density at radius 1 is 1.41 bits per heavy atom. The number of benzene rings is 1. The molecule has 1 heterocycles. The van der Waals surface area contributed by atoms with Gasteiger partial charge in [-0.2, -0.15) is 10.4 Å². The molecule has 0 radical (unpaired) electrons. The summed E-state index contributed by atoms with van der Waals surface area (Å²) in [5, 5.41) is 16.4.